The number of aryl methyl sites for hydroxylation is 1. The molecule has 0 aromatic heterocycles. The molecule has 0 aliphatic heterocycles. The number of hydrogen-bond acceptors (Lipinski definition) is 3. The lowest BCUT2D eigenvalue weighted by molar-refractivity contribution is -0.0226. The number of hydrogen-bond donors (Lipinski definition) is 3. The van der Waals surface area contributed by atoms with E-state index in [-0.39, 0.29) is 17.3 Å². The summed E-state index contributed by atoms with van der Waals surface area (Å²) in [5.74, 6) is 2.12. The van der Waals surface area contributed by atoms with Crippen molar-refractivity contribution < 1.29 is 10.2 Å². The average molecular weight is 287 g/mol. The molecular weight excluding hydrogens is 262 g/mol. The van der Waals surface area contributed by atoms with E-state index in [1.807, 2.05) is 12.1 Å². The van der Waals surface area contributed by atoms with Gasteiger partial charge in [0.2, 0.25) is 0 Å². The zero-order valence-corrected chi connectivity index (χ0v) is 12.7. The van der Waals surface area contributed by atoms with Gasteiger partial charge in [0.25, 0.3) is 0 Å². The topological polar surface area (TPSA) is 66.5 Å². The minimum atomic E-state index is -0.116. The second-order valence-corrected chi connectivity index (χ2v) is 7.66. The number of phenols is 1. The minimum Gasteiger partial charge on any atom is -0.506 e. The van der Waals surface area contributed by atoms with Crippen LogP contribution in [0.25, 0.3) is 0 Å². The van der Waals surface area contributed by atoms with Crippen LogP contribution in [0, 0.1) is 17.3 Å². The van der Waals surface area contributed by atoms with Gasteiger partial charge in [0.1, 0.15) is 5.75 Å². The molecule has 3 aliphatic carbocycles. The van der Waals surface area contributed by atoms with E-state index in [4.69, 9.17) is 5.73 Å². The van der Waals surface area contributed by atoms with Crippen LogP contribution in [0.3, 0.4) is 0 Å². The van der Waals surface area contributed by atoms with E-state index in [9.17, 15) is 10.2 Å². The molecule has 2 fully saturated rings. The van der Waals surface area contributed by atoms with E-state index in [2.05, 4.69) is 6.92 Å². The summed E-state index contributed by atoms with van der Waals surface area (Å²) >= 11 is 0. The summed E-state index contributed by atoms with van der Waals surface area (Å²) in [6.45, 7) is 2.30. The lowest BCUT2D eigenvalue weighted by Gasteiger charge is -2.50. The number of anilines is 1. The minimum absolute atomic E-state index is 0.116. The van der Waals surface area contributed by atoms with Crippen molar-refractivity contribution in [3.8, 4) is 5.75 Å². The van der Waals surface area contributed by atoms with Crippen molar-refractivity contribution in [2.24, 2.45) is 17.3 Å². The number of rotatable bonds is 0. The molecule has 1 aromatic carbocycles. The maximum atomic E-state index is 10.4. The Labute approximate surface area is 126 Å². The Kier molecular flexibility index (Phi) is 2.81. The Balaban J connectivity index is 1.73. The van der Waals surface area contributed by atoms with Crippen molar-refractivity contribution in [1.82, 2.24) is 0 Å². The predicted octanol–water partition coefficient (Wildman–Crippen LogP) is 3.19. The molecule has 3 aliphatic rings. The number of fused-ring (bicyclic) bond motifs is 5. The molecule has 0 unspecified atom stereocenters. The highest BCUT2D eigenvalue weighted by Crippen LogP contribution is 2.61. The summed E-state index contributed by atoms with van der Waals surface area (Å²) in [7, 11) is 0. The molecule has 1 aromatic rings. The van der Waals surface area contributed by atoms with Crippen LogP contribution in [0.2, 0.25) is 0 Å². The maximum absolute atomic E-state index is 10.4. The summed E-state index contributed by atoms with van der Waals surface area (Å²) in [6.07, 6.45) is 6.50. The van der Waals surface area contributed by atoms with Crippen molar-refractivity contribution in [1.29, 1.82) is 0 Å². The Hall–Kier alpha value is -1.22. The number of aromatic hydroxyl groups is 1. The van der Waals surface area contributed by atoms with E-state index in [1.54, 1.807) is 0 Å². The van der Waals surface area contributed by atoms with Crippen LogP contribution in [0.1, 0.15) is 56.1 Å². The van der Waals surface area contributed by atoms with Gasteiger partial charge in [-0.2, -0.15) is 0 Å². The molecule has 0 spiro atoms. The van der Waals surface area contributed by atoms with Gasteiger partial charge in [-0.3, -0.25) is 0 Å². The number of phenolic OH excluding ortho intramolecular Hbond substituents is 1. The number of nitrogens with two attached hydrogens (primary N) is 1. The molecule has 0 bridgehead atoms. The highest BCUT2D eigenvalue weighted by molar-refractivity contribution is 5.57. The fourth-order valence-corrected chi connectivity index (χ4v) is 5.60. The first-order chi connectivity index (χ1) is 10.0. The largest absolute Gasteiger partial charge is 0.506 e. The van der Waals surface area contributed by atoms with E-state index < -0.39 is 0 Å². The molecule has 0 saturated heterocycles. The van der Waals surface area contributed by atoms with Crippen LogP contribution in [0.15, 0.2) is 12.1 Å². The summed E-state index contributed by atoms with van der Waals surface area (Å²) < 4.78 is 0. The highest BCUT2D eigenvalue weighted by atomic mass is 16.3. The SMILES string of the molecule is C[C@]12CC[C@@H]3c4cc(N)c(O)cc4CC[C@@H]3[C@@H]1CC[C@@H]2O. The van der Waals surface area contributed by atoms with Gasteiger partial charge in [0, 0.05) is 0 Å². The Bertz CT molecular complexity index is 585. The fraction of sp³-hybridized carbons (Fsp3) is 0.667. The van der Waals surface area contributed by atoms with Gasteiger partial charge in [0.05, 0.1) is 11.8 Å². The Morgan fingerprint density at radius 3 is 2.81 bits per heavy atom. The molecule has 21 heavy (non-hydrogen) atoms. The number of nitrogen functional groups attached to an aromatic ring is 1. The molecule has 3 nitrogen and oxygen atoms in total. The van der Waals surface area contributed by atoms with Crippen LogP contribution < -0.4 is 5.73 Å². The van der Waals surface area contributed by atoms with Crippen molar-refractivity contribution in [3.63, 3.8) is 0 Å². The molecular formula is C18H25NO2. The van der Waals surface area contributed by atoms with Crippen LogP contribution >= 0.6 is 0 Å². The number of aliphatic hydroxyl groups is 1. The summed E-state index contributed by atoms with van der Waals surface area (Å²) in [5.41, 5.74) is 9.21. The number of aliphatic hydroxyl groups excluding tert-OH is 1. The third-order valence-electron chi connectivity index (χ3n) is 6.82. The lowest BCUT2D eigenvalue weighted by Crippen LogP contribution is -2.43. The van der Waals surface area contributed by atoms with Crippen molar-refractivity contribution >= 4 is 5.69 Å². The quantitative estimate of drug-likeness (QED) is 0.507. The number of benzene rings is 1. The van der Waals surface area contributed by atoms with Crippen LogP contribution in [-0.4, -0.2) is 16.3 Å². The van der Waals surface area contributed by atoms with Gasteiger partial charge in [-0.1, -0.05) is 6.92 Å². The van der Waals surface area contributed by atoms with Gasteiger partial charge >= 0.3 is 0 Å². The first-order valence-electron chi connectivity index (χ1n) is 8.30. The van der Waals surface area contributed by atoms with E-state index >= 15 is 0 Å². The standard InChI is InChI=1S/C18H25NO2/c1-18-7-6-11-12(14(18)4-5-17(18)21)3-2-10-8-16(20)15(19)9-13(10)11/h8-9,11-12,14,17,20-21H,2-7,19H2,1H3/t11-,12-,14-,17-,18-/m0/s1. The van der Waals surface area contributed by atoms with Crippen LogP contribution in [0.4, 0.5) is 5.69 Å². The lowest BCUT2D eigenvalue weighted by atomic mass is 9.55. The zero-order valence-electron chi connectivity index (χ0n) is 12.7. The van der Waals surface area contributed by atoms with Crippen molar-refractivity contribution in [3.05, 3.63) is 23.3 Å². The monoisotopic (exact) mass is 287 g/mol. The molecule has 4 N–H and O–H groups in total. The summed E-state index contributed by atoms with van der Waals surface area (Å²) in [5, 5.41) is 20.2. The highest BCUT2D eigenvalue weighted by Gasteiger charge is 2.54. The molecule has 0 amide bonds. The molecule has 5 atom stereocenters. The molecule has 0 heterocycles. The normalized spacial score (nSPS) is 41.2. The fourth-order valence-electron chi connectivity index (χ4n) is 5.60. The molecule has 0 radical (unpaired) electrons. The second kappa shape index (κ2) is 4.39. The first kappa shape index (κ1) is 13.4. The first-order valence-corrected chi connectivity index (χ1v) is 8.30. The third-order valence-corrected chi connectivity index (χ3v) is 6.82. The second-order valence-electron chi connectivity index (χ2n) is 7.66. The van der Waals surface area contributed by atoms with Gasteiger partial charge in [-0.15, -0.1) is 0 Å². The Morgan fingerprint density at radius 2 is 2.00 bits per heavy atom. The Morgan fingerprint density at radius 1 is 1.19 bits per heavy atom. The third kappa shape index (κ3) is 1.76. The van der Waals surface area contributed by atoms with Crippen LogP contribution in [0.5, 0.6) is 5.75 Å². The maximum Gasteiger partial charge on any atom is 0.138 e. The van der Waals surface area contributed by atoms with E-state index in [0.717, 1.165) is 25.7 Å². The van der Waals surface area contributed by atoms with E-state index in [1.165, 1.54) is 24.0 Å². The molecule has 3 heteroatoms. The summed E-state index contributed by atoms with van der Waals surface area (Å²) in [4.78, 5) is 0. The van der Waals surface area contributed by atoms with Crippen molar-refractivity contribution in [2.45, 2.75) is 57.5 Å². The molecule has 4 rings (SSSR count). The van der Waals surface area contributed by atoms with Gasteiger partial charge in [-0.05, 0) is 85.0 Å². The van der Waals surface area contributed by atoms with Crippen LogP contribution in [-0.2, 0) is 6.42 Å². The average Bonchev–Trinajstić information content (AvgIpc) is 2.76. The zero-order chi connectivity index (χ0) is 14.8. The van der Waals surface area contributed by atoms with E-state index in [0.29, 0.717) is 23.4 Å². The van der Waals surface area contributed by atoms with Gasteiger partial charge in [0.15, 0.2) is 0 Å². The van der Waals surface area contributed by atoms with Crippen molar-refractivity contribution in [2.75, 3.05) is 5.73 Å². The molecule has 114 valence electrons. The predicted molar refractivity (Wildman–Crippen MR) is 83.1 cm³/mol. The molecule has 2 saturated carbocycles. The van der Waals surface area contributed by atoms with Gasteiger partial charge in [-0.25, -0.2) is 0 Å². The summed E-state index contributed by atoms with van der Waals surface area (Å²) in [6, 6.07) is 3.88. The smallest absolute Gasteiger partial charge is 0.138 e. The van der Waals surface area contributed by atoms with Gasteiger partial charge < -0.3 is 15.9 Å².